The van der Waals surface area contributed by atoms with E-state index in [4.69, 9.17) is 9.15 Å². The summed E-state index contributed by atoms with van der Waals surface area (Å²) in [6, 6.07) is 2.91. The van der Waals surface area contributed by atoms with Gasteiger partial charge in [-0.05, 0) is 18.6 Å². The van der Waals surface area contributed by atoms with Crippen LogP contribution in [0.25, 0.3) is 0 Å². The molecule has 2 aliphatic heterocycles. The van der Waals surface area contributed by atoms with Crippen LogP contribution in [-0.2, 0) is 19.1 Å². The van der Waals surface area contributed by atoms with Gasteiger partial charge in [-0.1, -0.05) is 6.92 Å². The van der Waals surface area contributed by atoms with E-state index in [9.17, 15) is 14.4 Å². The number of esters is 1. The number of furan rings is 1. The Morgan fingerprint density at radius 2 is 2.18 bits per heavy atom. The van der Waals surface area contributed by atoms with Crippen LogP contribution in [0.15, 0.2) is 22.8 Å². The number of ether oxygens (including phenoxy) is 1. The normalized spacial score (nSPS) is 34.1. The average Bonchev–Trinajstić information content (AvgIpc) is 3.21. The molecule has 2 amide bonds. The molecule has 0 aromatic carbocycles. The molecule has 1 aromatic rings. The first-order valence-corrected chi connectivity index (χ1v) is 7.19. The highest BCUT2D eigenvalue weighted by atomic mass is 16.5. The first-order chi connectivity index (χ1) is 10.5. The maximum atomic E-state index is 12.5. The molecule has 1 aromatic heterocycles. The third-order valence-electron chi connectivity index (χ3n) is 4.83. The maximum Gasteiger partial charge on any atom is 0.326 e. The fourth-order valence-corrected chi connectivity index (χ4v) is 3.70. The highest BCUT2D eigenvalue weighted by molar-refractivity contribution is 6.09. The molecule has 0 unspecified atom stereocenters. The molecule has 0 saturated carbocycles. The van der Waals surface area contributed by atoms with E-state index in [1.54, 1.807) is 19.1 Å². The Balaban J connectivity index is 2.13. The van der Waals surface area contributed by atoms with Crippen molar-refractivity contribution >= 4 is 17.8 Å². The molecule has 0 aliphatic carbocycles. The number of nitrogens with zero attached hydrogens (tertiary/aromatic N) is 1. The van der Waals surface area contributed by atoms with Gasteiger partial charge in [0, 0.05) is 7.05 Å². The molecule has 3 rings (SSSR count). The lowest BCUT2D eigenvalue weighted by molar-refractivity contribution is -0.154. The first kappa shape index (κ1) is 14.8. The van der Waals surface area contributed by atoms with E-state index in [-0.39, 0.29) is 11.8 Å². The van der Waals surface area contributed by atoms with Crippen LogP contribution in [0.5, 0.6) is 0 Å². The predicted octanol–water partition coefficient (Wildman–Crippen LogP) is 0.477. The first-order valence-electron chi connectivity index (χ1n) is 7.19. The van der Waals surface area contributed by atoms with Crippen LogP contribution in [0.2, 0.25) is 0 Å². The van der Waals surface area contributed by atoms with Crippen LogP contribution >= 0.6 is 0 Å². The Bertz CT molecular complexity index is 626. The van der Waals surface area contributed by atoms with Gasteiger partial charge in [0.2, 0.25) is 11.8 Å². The number of hydrogen-bond acceptors (Lipinski definition) is 6. The van der Waals surface area contributed by atoms with Gasteiger partial charge in [-0.3, -0.25) is 24.6 Å². The molecule has 7 heteroatoms. The van der Waals surface area contributed by atoms with Crippen molar-refractivity contribution in [2.24, 2.45) is 11.8 Å². The SMILES string of the molecule is CC[C@]1(C(=O)OC)N[C@H](c2ccco2)[C@@H]2C(=O)N(C)C(=O)[C@@H]21. The van der Waals surface area contributed by atoms with Crippen LogP contribution in [0.4, 0.5) is 0 Å². The molecule has 0 bridgehead atoms. The van der Waals surface area contributed by atoms with E-state index >= 15 is 0 Å². The lowest BCUT2D eigenvalue weighted by atomic mass is 9.78. The maximum absolute atomic E-state index is 12.5. The summed E-state index contributed by atoms with van der Waals surface area (Å²) in [5.74, 6) is -2.10. The van der Waals surface area contributed by atoms with E-state index < -0.39 is 29.4 Å². The number of carbonyl (C=O) groups is 3. The predicted molar refractivity (Wildman–Crippen MR) is 74.4 cm³/mol. The minimum Gasteiger partial charge on any atom is -0.468 e. The van der Waals surface area contributed by atoms with Crippen LogP contribution in [0.1, 0.15) is 25.1 Å². The molecular formula is C15H18N2O5. The number of hydrogen-bond donors (Lipinski definition) is 1. The minimum atomic E-state index is -1.21. The van der Waals surface area contributed by atoms with Gasteiger partial charge in [0.1, 0.15) is 11.3 Å². The van der Waals surface area contributed by atoms with Gasteiger partial charge in [-0.2, -0.15) is 0 Å². The number of rotatable bonds is 3. The molecule has 118 valence electrons. The zero-order chi connectivity index (χ0) is 16.1. The van der Waals surface area contributed by atoms with Gasteiger partial charge in [0.05, 0.1) is 31.3 Å². The largest absolute Gasteiger partial charge is 0.468 e. The highest BCUT2D eigenvalue weighted by Crippen LogP contribution is 2.49. The molecular weight excluding hydrogens is 288 g/mol. The zero-order valence-electron chi connectivity index (χ0n) is 12.7. The summed E-state index contributed by atoms with van der Waals surface area (Å²) in [7, 11) is 2.72. The topological polar surface area (TPSA) is 88.8 Å². The average molecular weight is 306 g/mol. The van der Waals surface area contributed by atoms with Crippen molar-refractivity contribution in [2.75, 3.05) is 14.2 Å². The van der Waals surface area contributed by atoms with Gasteiger partial charge in [0.25, 0.3) is 0 Å². The standard InChI is InChI=1S/C15H18N2O5/c1-4-15(14(20)21-3)10-9(12(18)17(2)13(10)19)11(16-15)8-6-5-7-22-8/h5-7,9-11,16H,4H2,1-3H3/t9-,10-,11-,15+/m1/s1. The van der Waals surface area contributed by atoms with E-state index in [0.717, 1.165) is 4.90 Å². The Morgan fingerprint density at radius 1 is 1.45 bits per heavy atom. The van der Waals surface area contributed by atoms with Crippen molar-refractivity contribution in [3.05, 3.63) is 24.2 Å². The molecule has 2 saturated heterocycles. The van der Waals surface area contributed by atoms with Crippen LogP contribution in [0, 0.1) is 11.8 Å². The van der Waals surface area contributed by atoms with Crippen molar-refractivity contribution in [3.63, 3.8) is 0 Å². The summed E-state index contributed by atoms with van der Waals surface area (Å²) in [5, 5.41) is 3.15. The third-order valence-corrected chi connectivity index (χ3v) is 4.83. The number of methoxy groups -OCH3 is 1. The molecule has 7 nitrogen and oxygen atoms in total. The lowest BCUT2D eigenvalue weighted by Crippen LogP contribution is -2.55. The highest BCUT2D eigenvalue weighted by Gasteiger charge is 2.68. The van der Waals surface area contributed by atoms with Crippen molar-refractivity contribution in [1.29, 1.82) is 0 Å². The Kier molecular flexibility index (Phi) is 3.32. The fraction of sp³-hybridized carbons (Fsp3) is 0.533. The van der Waals surface area contributed by atoms with Crippen LogP contribution in [0.3, 0.4) is 0 Å². The van der Waals surface area contributed by atoms with Crippen LogP contribution < -0.4 is 5.32 Å². The van der Waals surface area contributed by atoms with E-state index in [1.807, 2.05) is 0 Å². The van der Waals surface area contributed by atoms with E-state index in [0.29, 0.717) is 12.2 Å². The summed E-state index contributed by atoms with van der Waals surface area (Å²) < 4.78 is 10.3. The lowest BCUT2D eigenvalue weighted by Gasteiger charge is -2.30. The number of nitrogens with one attached hydrogen (secondary N) is 1. The van der Waals surface area contributed by atoms with Crippen molar-refractivity contribution in [3.8, 4) is 0 Å². The second kappa shape index (κ2) is 4.95. The molecule has 0 radical (unpaired) electrons. The molecule has 4 atom stereocenters. The van der Waals surface area contributed by atoms with Gasteiger partial charge in [-0.15, -0.1) is 0 Å². The molecule has 0 spiro atoms. The van der Waals surface area contributed by atoms with Crippen molar-refractivity contribution in [2.45, 2.75) is 24.9 Å². The monoisotopic (exact) mass is 306 g/mol. The zero-order valence-corrected chi connectivity index (χ0v) is 12.7. The summed E-state index contributed by atoms with van der Waals surface area (Å²) >= 11 is 0. The van der Waals surface area contributed by atoms with Gasteiger partial charge in [0.15, 0.2) is 0 Å². The fourth-order valence-electron chi connectivity index (χ4n) is 3.70. The molecule has 1 N–H and O–H groups in total. The van der Waals surface area contributed by atoms with Gasteiger partial charge >= 0.3 is 5.97 Å². The smallest absolute Gasteiger partial charge is 0.326 e. The second-order valence-corrected chi connectivity index (χ2v) is 5.69. The van der Waals surface area contributed by atoms with E-state index in [2.05, 4.69) is 5.32 Å². The Labute approximate surface area is 127 Å². The van der Waals surface area contributed by atoms with Gasteiger partial charge in [-0.25, -0.2) is 0 Å². The summed E-state index contributed by atoms with van der Waals surface area (Å²) in [6.07, 6.45) is 1.84. The summed E-state index contributed by atoms with van der Waals surface area (Å²) in [4.78, 5) is 38.5. The molecule has 22 heavy (non-hydrogen) atoms. The molecule has 3 heterocycles. The van der Waals surface area contributed by atoms with Crippen molar-refractivity contribution in [1.82, 2.24) is 10.2 Å². The van der Waals surface area contributed by atoms with E-state index in [1.165, 1.54) is 20.4 Å². The van der Waals surface area contributed by atoms with Gasteiger partial charge < -0.3 is 9.15 Å². The van der Waals surface area contributed by atoms with Crippen molar-refractivity contribution < 1.29 is 23.5 Å². The number of likely N-dealkylation sites (tertiary alicyclic amines) is 1. The molecule has 2 fully saturated rings. The summed E-state index contributed by atoms with van der Waals surface area (Å²) in [6.45, 7) is 1.79. The minimum absolute atomic E-state index is 0.303. The third kappa shape index (κ3) is 1.68. The number of imide groups is 1. The quantitative estimate of drug-likeness (QED) is 0.645. The molecule has 2 aliphatic rings. The number of amides is 2. The van der Waals surface area contributed by atoms with Crippen LogP contribution in [-0.4, -0.2) is 42.4 Å². The number of fused-ring (bicyclic) bond motifs is 1. The Morgan fingerprint density at radius 3 is 2.73 bits per heavy atom. The second-order valence-electron chi connectivity index (χ2n) is 5.69. The number of carbonyl (C=O) groups excluding carboxylic acids is 3. The Hall–Kier alpha value is -2.15. The summed E-state index contributed by atoms with van der Waals surface area (Å²) in [5.41, 5.74) is -1.21.